The molecule has 2 aromatic carbocycles. The second-order valence-corrected chi connectivity index (χ2v) is 8.23. The summed E-state index contributed by atoms with van der Waals surface area (Å²) in [5, 5.41) is 9.26. The van der Waals surface area contributed by atoms with Crippen LogP contribution in [0.3, 0.4) is 0 Å². The van der Waals surface area contributed by atoms with Crippen molar-refractivity contribution in [1.82, 2.24) is 9.97 Å². The number of hydrogen-bond acceptors (Lipinski definition) is 7. The van der Waals surface area contributed by atoms with Crippen LogP contribution in [-0.4, -0.2) is 33.7 Å². The Labute approximate surface area is 173 Å². The van der Waals surface area contributed by atoms with Gasteiger partial charge in [0.25, 0.3) is 0 Å². The quantitative estimate of drug-likeness (QED) is 0.597. The highest BCUT2D eigenvalue weighted by atomic mass is 79.9. The van der Waals surface area contributed by atoms with Crippen molar-refractivity contribution in [2.24, 2.45) is 5.10 Å². The number of hydrogen-bond donors (Lipinski definition) is 1. The van der Waals surface area contributed by atoms with Crippen LogP contribution in [0.25, 0.3) is 0 Å². The van der Waals surface area contributed by atoms with Crippen LogP contribution in [0.15, 0.2) is 69.2 Å². The molecule has 1 N–H and O–H groups in total. The molecule has 0 aliphatic carbocycles. The lowest BCUT2D eigenvalue weighted by Gasteiger charge is -2.23. The molecular weight excluding hydrogens is 442 g/mol. The first kappa shape index (κ1) is 18.7. The Balaban J connectivity index is 1.60. The van der Waals surface area contributed by atoms with Gasteiger partial charge in [-0.15, -0.1) is 5.10 Å². The van der Waals surface area contributed by atoms with Gasteiger partial charge in [0.05, 0.1) is 11.8 Å². The van der Waals surface area contributed by atoms with Crippen molar-refractivity contribution in [1.29, 1.82) is 0 Å². The van der Waals surface area contributed by atoms with E-state index in [1.165, 1.54) is 0 Å². The zero-order valence-electron chi connectivity index (χ0n) is 15.1. The molecule has 0 radical (unpaired) electrons. The van der Waals surface area contributed by atoms with Gasteiger partial charge in [-0.2, -0.15) is 4.98 Å². The number of anilines is 3. The van der Waals surface area contributed by atoms with Gasteiger partial charge in [0, 0.05) is 23.3 Å². The number of rotatable bonds is 4. The van der Waals surface area contributed by atoms with E-state index in [9.17, 15) is 4.55 Å². The molecule has 0 amide bonds. The number of nitrogens with one attached hydrogen (secondary N) is 1. The largest absolute Gasteiger partial charge is 0.612 e. The molecule has 4 rings (SSSR count). The van der Waals surface area contributed by atoms with Gasteiger partial charge in [0.2, 0.25) is 11.8 Å². The first-order chi connectivity index (χ1) is 13.5. The minimum atomic E-state index is -1.06. The lowest BCUT2D eigenvalue weighted by Crippen LogP contribution is -2.26. The third-order valence-corrected chi connectivity index (χ3v) is 5.63. The van der Waals surface area contributed by atoms with E-state index in [1.54, 1.807) is 24.5 Å². The number of ether oxygens (including phenoxy) is 1. The fraction of sp³-hybridized carbons (Fsp3) is 0.105. The summed E-state index contributed by atoms with van der Waals surface area (Å²) < 4.78 is 18.5. The van der Waals surface area contributed by atoms with Gasteiger partial charge in [-0.05, 0) is 51.4 Å². The molecule has 1 aromatic heterocycles. The lowest BCUT2D eigenvalue weighted by atomic mass is 10.2. The molecular formula is C19H16BrN5O2S. The second-order valence-electron chi connectivity index (χ2n) is 6.00. The molecule has 1 aliphatic heterocycles. The number of benzene rings is 2. The zero-order valence-corrected chi connectivity index (χ0v) is 17.5. The average molecular weight is 458 g/mol. The van der Waals surface area contributed by atoms with Crippen LogP contribution in [-0.2, 0) is 11.2 Å². The predicted molar refractivity (Wildman–Crippen MR) is 114 cm³/mol. The third-order valence-electron chi connectivity index (χ3n) is 4.02. The maximum absolute atomic E-state index is 11.7. The number of nitrogens with zero attached hydrogens (tertiary/aromatic N) is 4. The highest BCUT2D eigenvalue weighted by Crippen LogP contribution is 2.32. The highest BCUT2D eigenvalue weighted by molar-refractivity contribution is 9.10. The first-order valence-corrected chi connectivity index (χ1v) is 10.7. The topological polar surface area (TPSA) is 85.7 Å². The minimum Gasteiger partial charge on any atom is -0.612 e. The summed E-state index contributed by atoms with van der Waals surface area (Å²) in [5.74, 6) is 1.92. The smallest absolute Gasteiger partial charge is 0.245 e. The second kappa shape index (κ2) is 7.78. The summed E-state index contributed by atoms with van der Waals surface area (Å²) in [7, 11) is 1.80. The molecule has 0 bridgehead atoms. The van der Waals surface area contributed by atoms with Crippen molar-refractivity contribution in [3.05, 3.63) is 64.8 Å². The molecule has 0 spiro atoms. The van der Waals surface area contributed by atoms with Gasteiger partial charge in [-0.1, -0.05) is 18.2 Å². The standard InChI is InChI=1S/C19H16BrN5O2S/c1-25-17-16(27-18(24-25)14-8-3-4-9-15(14)20)11-21-19(23-17)22-12-6-5-7-13(10-12)28(2)26/h3-11H,1-2H3,(H,21,22,23). The van der Waals surface area contributed by atoms with E-state index in [2.05, 4.69) is 36.3 Å². The molecule has 9 heteroatoms. The maximum Gasteiger partial charge on any atom is 0.245 e. The fourth-order valence-corrected chi connectivity index (χ4v) is 3.68. The van der Waals surface area contributed by atoms with Gasteiger partial charge < -0.3 is 14.6 Å². The van der Waals surface area contributed by atoms with Crippen LogP contribution in [0.1, 0.15) is 5.56 Å². The fourth-order valence-electron chi connectivity index (χ4n) is 2.66. The van der Waals surface area contributed by atoms with Crippen LogP contribution in [0.5, 0.6) is 5.75 Å². The number of halogens is 1. The number of fused-ring (bicyclic) bond motifs is 1. The minimum absolute atomic E-state index is 0.396. The van der Waals surface area contributed by atoms with E-state index in [4.69, 9.17) is 4.74 Å². The van der Waals surface area contributed by atoms with Crippen molar-refractivity contribution >= 4 is 50.5 Å². The van der Waals surface area contributed by atoms with E-state index in [-0.39, 0.29) is 0 Å². The molecule has 28 heavy (non-hydrogen) atoms. The number of aromatic nitrogens is 2. The number of hydrazone groups is 1. The lowest BCUT2D eigenvalue weighted by molar-refractivity contribution is 0.525. The van der Waals surface area contributed by atoms with E-state index in [0.29, 0.717) is 23.4 Å². The average Bonchev–Trinajstić information content (AvgIpc) is 2.69. The van der Waals surface area contributed by atoms with Crippen LogP contribution >= 0.6 is 15.9 Å². The van der Waals surface area contributed by atoms with E-state index < -0.39 is 11.2 Å². The molecule has 142 valence electrons. The van der Waals surface area contributed by atoms with Gasteiger partial charge in [0.15, 0.2) is 16.5 Å². The van der Waals surface area contributed by atoms with E-state index in [1.807, 2.05) is 48.5 Å². The van der Waals surface area contributed by atoms with Crippen LogP contribution in [0.4, 0.5) is 17.5 Å². The van der Waals surface area contributed by atoms with Crippen molar-refractivity contribution < 1.29 is 9.29 Å². The zero-order chi connectivity index (χ0) is 19.7. The summed E-state index contributed by atoms with van der Waals surface area (Å²) in [6.07, 6.45) is 3.25. The third kappa shape index (κ3) is 3.82. The van der Waals surface area contributed by atoms with Crippen molar-refractivity contribution in [2.45, 2.75) is 4.90 Å². The predicted octanol–water partition coefficient (Wildman–Crippen LogP) is 3.91. The SMILES string of the molecule is CN1N=C(c2ccccc2Br)Oc2cnc(Nc3cccc([S+](C)[O-])c3)nc21. The van der Waals surface area contributed by atoms with Crippen LogP contribution in [0, 0.1) is 0 Å². The molecule has 0 saturated heterocycles. The molecule has 0 fully saturated rings. The summed E-state index contributed by atoms with van der Waals surface area (Å²) in [6.45, 7) is 0. The van der Waals surface area contributed by atoms with E-state index >= 15 is 0 Å². The monoisotopic (exact) mass is 457 g/mol. The molecule has 3 aromatic rings. The molecule has 1 unspecified atom stereocenters. The normalized spacial score (nSPS) is 14.0. The van der Waals surface area contributed by atoms with Crippen LogP contribution < -0.4 is 15.1 Å². The summed E-state index contributed by atoms with van der Waals surface area (Å²) in [6, 6.07) is 15.0. The summed E-state index contributed by atoms with van der Waals surface area (Å²) in [5.41, 5.74) is 1.59. The molecule has 0 saturated carbocycles. The Morgan fingerprint density at radius 3 is 2.79 bits per heavy atom. The first-order valence-electron chi connectivity index (χ1n) is 8.34. The van der Waals surface area contributed by atoms with Crippen molar-refractivity contribution in [3.8, 4) is 5.75 Å². The Kier molecular flexibility index (Phi) is 5.21. The molecule has 1 atom stereocenters. The Morgan fingerprint density at radius 1 is 1.18 bits per heavy atom. The summed E-state index contributed by atoms with van der Waals surface area (Å²) >= 11 is 2.45. The van der Waals surface area contributed by atoms with Gasteiger partial charge in [-0.3, -0.25) is 0 Å². The van der Waals surface area contributed by atoms with Gasteiger partial charge >= 0.3 is 0 Å². The Bertz CT molecular complexity index is 1060. The maximum atomic E-state index is 11.7. The Morgan fingerprint density at radius 2 is 2.00 bits per heavy atom. The van der Waals surface area contributed by atoms with Crippen LogP contribution in [0.2, 0.25) is 0 Å². The Hall–Kier alpha value is -2.62. The molecule has 7 nitrogen and oxygen atoms in total. The van der Waals surface area contributed by atoms with Gasteiger partial charge in [-0.25, -0.2) is 9.99 Å². The summed E-state index contributed by atoms with van der Waals surface area (Å²) in [4.78, 5) is 9.56. The van der Waals surface area contributed by atoms with E-state index in [0.717, 1.165) is 20.6 Å². The van der Waals surface area contributed by atoms with Gasteiger partial charge in [0.1, 0.15) is 6.26 Å². The highest BCUT2D eigenvalue weighted by Gasteiger charge is 2.23. The van der Waals surface area contributed by atoms with Crippen molar-refractivity contribution in [3.63, 3.8) is 0 Å². The molecule has 2 heterocycles. The van der Waals surface area contributed by atoms with Crippen molar-refractivity contribution in [2.75, 3.05) is 23.6 Å². The molecule has 1 aliphatic rings.